The van der Waals surface area contributed by atoms with Crippen molar-refractivity contribution >= 4 is 26.8 Å². The number of nitrogens with two attached hydrogens (primary N) is 1. The van der Waals surface area contributed by atoms with Crippen LogP contribution in [-0.4, -0.2) is 40.1 Å². The number of fused-ring (bicyclic) bond motifs is 1. The predicted octanol–water partition coefficient (Wildman–Crippen LogP) is -1.27. The number of H-pyrrole nitrogens is 1. The molecule has 3 N–H and O–H groups in total. The minimum atomic E-state index is -3.48. The van der Waals surface area contributed by atoms with E-state index in [1.165, 1.54) is 0 Å². The van der Waals surface area contributed by atoms with Gasteiger partial charge in [0.25, 0.3) is 5.16 Å². The fourth-order valence-electron chi connectivity index (χ4n) is 0.912. The van der Waals surface area contributed by atoms with Crippen molar-refractivity contribution in [3.63, 3.8) is 0 Å². The van der Waals surface area contributed by atoms with Gasteiger partial charge < -0.3 is 5.73 Å². The highest BCUT2D eigenvalue weighted by Gasteiger charge is 2.15. The van der Waals surface area contributed by atoms with Crippen LogP contribution in [0.4, 0.5) is 5.82 Å². The van der Waals surface area contributed by atoms with Crippen LogP contribution >= 0.6 is 0 Å². The van der Waals surface area contributed by atoms with Gasteiger partial charge in [-0.25, -0.2) is 8.42 Å². The number of aromatic amines is 1. The molecule has 0 aliphatic heterocycles. The quantitative estimate of drug-likeness (QED) is 0.566. The summed E-state index contributed by atoms with van der Waals surface area (Å²) >= 11 is 0. The first-order valence-electron chi connectivity index (χ1n) is 3.52. The Kier molecular flexibility index (Phi) is 1.64. The van der Waals surface area contributed by atoms with Gasteiger partial charge in [-0.2, -0.15) is 20.3 Å². The molecule has 0 aliphatic carbocycles. The predicted molar refractivity (Wildman–Crippen MR) is 47.0 cm³/mol. The summed E-state index contributed by atoms with van der Waals surface area (Å²) < 4.78 is 22.2. The summed E-state index contributed by atoms with van der Waals surface area (Å²) in [6.45, 7) is 0. The monoisotopic (exact) mass is 214 g/mol. The van der Waals surface area contributed by atoms with E-state index in [1.54, 1.807) is 0 Å². The van der Waals surface area contributed by atoms with Gasteiger partial charge in [-0.15, -0.1) is 5.10 Å². The van der Waals surface area contributed by atoms with Gasteiger partial charge >= 0.3 is 0 Å². The van der Waals surface area contributed by atoms with Crippen LogP contribution in [0, 0.1) is 0 Å². The van der Waals surface area contributed by atoms with E-state index >= 15 is 0 Å². The maximum atomic E-state index is 11.1. The average Bonchev–Trinajstić information content (AvgIpc) is 2.50. The topological polar surface area (TPSA) is 128 Å². The van der Waals surface area contributed by atoms with Crippen molar-refractivity contribution in [1.82, 2.24) is 25.4 Å². The molecule has 0 radical (unpaired) electrons. The molecule has 2 aromatic rings. The third-order valence-electron chi connectivity index (χ3n) is 1.52. The van der Waals surface area contributed by atoms with Crippen LogP contribution in [0.5, 0.6) is 0 Å². The Morgan fingerprint density at radius 1 is 1.29 bits per heavy atom. The minimum Gasteiger partial charge on any atom is -0.382 e. The minimum absolute atomic E-state index is 0.0100. The Morgan fingerprint density at radius 2 is 2.00 bits per heavy atom. The summed E-state index contributed by atoms with van der Waals surface area (Å²) in [5.41, 5.74) is 5.86. The van der Waals surface area contributed by atoms with E-state index in [4.69, 9.17) is 5.73 Å². The Bertz CT molecular complexity index is 587. The number of rotatable bonds is 1. The van der Waals surface area contributed by atoms with Crippen molar-refractivity contribution in [3.8, 4) is 0 Å². The average molecular weight is 214 g/mol. The first-order chi connectivity index (χ1) is 6.48. The lowest BCUT2D eigenvalue weighted by molar-refractivity contribution is 0.594. The number of sulfone groups is 1. The first kappa shape index (κ1) is 8.81. The third kappa shape index (κ3) is 1.27. The molecule has 9 heteroatoms. The van der Waals surface area contributed by atoms with Gasteiger partial charge in [0.15, 0.2) is 11.3 Å². The second-order valence-corrected chi connectivity index (χ2v) is 4.57. The second-order valence-electron chi connectivity index (χ2n) is 2.66. The Hall–Kier alpha value is -1.77. The lowest BCUT2D eigenvalue weighted by Gasteiger charge is -1.97. The molecule has 8 nitrogen and oxygen atoms in total. The highest BCUT2D eigenvalue weighted by Crippen LogP contribution is 2.13. The Labute approximate surface area is 78.5 Å². The zero-order chi connectivity index (χ0) is 10.3. The molecule has 0 aromatic carbocycles. The molecular weight excluding hydrogens is 208 g/mol. The molecule has 0 saturated heterocycles. The molecule has 14 heavy (non-hydrogen) atoms. The van der Waals surface area contributed by atoms with Crippen molar-refractivity contribution in [2.24, 2.45) is 0 Å². The molecule has 74 valence electrons. The highest BCUT2D eigenvalue weighted by atomic mass is 32.2. The van der Waals surface area contributed by atoms with Crippen LogP contribution in [0.2, 0.25) is 0 Å². The maximum Gasteiger partial charge on any atom is 0.250 e. The molecule has 0 atom stereocenters. The van der Waals surface area contributed by atoms with E-state index in [0.29, 0.717) is 0 Å². The summed E-state index contributed by atoms with van der Waals surface area (Å²) in [4.78, 5) is 7.28. The molecule has 0 saturated carbocycles. The van der Waals surface area contributed by atoms with Crippen LogP contribution in [0.25, 0.3) is 11.2 Å². The number of hydrogen-bond donors (Lipinski definition) is 2. The van der Waals surface area contributed by atoms with Crippen LogP contribution in [0.3, 0.4) is 0 Å². The van der Waals surface area contributed by atoms with Crippen molar-refractivity contribution in [1.29, 1.82) is 0 Å². The number of hydrogen-bond acceptors (Lipinski definition) is 7. The number of anilines is 1. The molecule has 0 amide bonds. The number of aromatic nitrogens is 5. The van der Waals surface area contributed by atoms with Crippen molar-refractivity contribution < 1.29 is 8.42 Å². The van der Waals surface area contributed by atoms with Gasteiger partial charge in [0.2, 0.25) is 15.5 Å². The summed E-state index contributed by atoms with van der Waals surface area (Å²) in [5.74, 6) is -0.0100. The van der Waals surface area contributed by atoms with E-state index in [0.717, 1.165) is 6.26 Å². The van der Waals surface area contributed by atoms with Gasteiger partial charge in [-0.05, 0) is 0 Å². The van der Waals surface area contributed by atoms with E-state index in [-0.39, 0.29) is 22.1 Å². The van der Waals surface area contributed by atoms with E-state index in [1.807, 2.05) is 0 Å². The normalized spacial score (nSPS) is 12.1. The van der Waals surface area contributed by atoms with Crippen molar-refractivity contribution in [3.05, 3.63) is 0 Å². The molecule has 2 aromatic heterocycles. The summed E-state index contributed by atoms with van der Waals surface area (Å²) in [5, 5.41) is 9.21. The van der Waals surface area contributed by atoms with E-state index in [2.05, 4.69) is 25.4 Å². The van der Waals surface area contributed by atoms with Crippen LogP contribution in [0.15, 0.2) is 5.16 Å². The molecule has 0 bridgehead atoms. The van der Waals surface area contributed by atoms with Crippen molar-refractivity contribution in [2.45, 2.75) is 5.16 Å². The standard InChI is InChI=1S/C5H6N6O2S/c1-14(12,13)5-7-3(6)2-4(8-5)10-11-9-2/h1H3,(H3,6,7,8,9,10,11). The SMILES string of the molecule is CS(=O)(=O)c1nc(N)c2n[nH]nc2n1. The number of nitrogens with one attached hydrogen (secondary N) is 1. The summed E-state index contributed by atoms with van der Waals surface area (Å²) in [6.07, 6.45) is 0.994. The van der Waals surface area contributed by atoms with Crippen molar-refractivity contribution in [2.75, 3.05) is 12.0 Å². The van der Waals surface area contributed by atoms with Crippen LogP contribution in [-0.2, 0) is 9.84 Å². The number of nitrogen functional groups attached to an aromatic ring is 1. The fourth-order valence-corrected chi connectivity index (χ4v) is 1.43. The highest BCUT2D eigenvalue weighted by molar-refractivity contribution is 7.90. The van der Waals surface area contributed by atoms with Gasteiger partial charge in [-0.3, -0.25) is 0 Å². The first-order valence-corrected chi connectivity index (χ1v) is 5.41. The smallest absolute Gasteiger partial charge is 0.250 e. The maximum absolute atomic E-state index is 11.1. The van der Waals surface area contributed by atoms with E-state index in [9.17, 15) is 8.42 Å². The second kappa shape index (κ2) is 2.61. The molecule has 2 heterocycles. The largest absolute Gasteiger partial charge is 0.382 e. The summed E-state index contributed by atoms with van der Waals surface area (Å²) in [6, 6.07) is 0. The van der Waals surface area contributed by atoms with E-state index < -0.39 is 9.84 Å². The van der Waals surface area contributed by atoms with Crippen LogP contribution < -0.4 is 5.73 Å². The lowest BCUT2D eigenvalue weighted by Crippen LogP contribution is -2.06. The molecule has 0 unspecified atom stereocenters. The zero-order valence-electron chi connectivity index (χ0n) is 7.09. The number of nitrogens with zero attached hydrogens (tertiary/aromatic N) is 4. The molecule has 0 spiro atoms. The molecular formula is C5H6N6O2S. The zero-order valence-corrected chi connectivity index (χ0v) is 7.91. The molecule has 0 aliphatic rings. The van der Waals surface area contributed by atoms with Crippen LogP contribution in [0.1, 0.15) is 0 Å². The molecule has 0 fully saturated rings. The molecule has 2 rings (SSSR count). The lowest BCUT2D eigenvalue weighted by atomic mass is 10.5. The van der Waals surface area contributed by atoms with Gasteiger partial charge in [0.1, 0.15) is 0 Å². The van der Waals surface area contributed by atoms with Gasteiger partial charge in [0.05, 0.1) is 0 Å². The fraction of sp³-hybridized carbons (Fsp3) is 0.200. The Morgan fingerprint density at radius 3 is 2.64 bits per heavy atom. The summed E-state index contributed by atoms with van der Waals surface area (Å²) in [7, 11) is -3.48. The Balaban J connectivity index is 2.83. The van der Waals surface area contributed by atoms with Gasteiger partial charge in [-0.1, -0.05) is 0 Å². The third-order valence-corrected chi connectivity index (χ3v) is 2.37. The van der Waals surface area contributed by atoms with Gasteiger partial charge in [0, 0.05) is 6.26 Å².